The zero-order chi connectivity index (χ0) is 14.0. The zero-order valence-electron chi connectivity index (χ0n) is 11.9. The molecule has 0 aromatic heterocycles. The molecule has 0 aromatic rings. The fourth-order valence-electron chi connectivity index (χ4n) is 1.12. The van der Waals surface area contributed by atoms with E-state index in [0.29, 0.717) is 0 Å². The largest absolute Gasteiger partial charge is 0.347 e. The minimum atomic E-state index is -0.742. The van der Waals surface area contributed by atoms with Crippen LogP contribution in [0.4, 0.5) is 0 Å². The Hall–Kier alpha value is -1.10. The summed E-state index contributed by atoms with van der Waals surface area (Å²) in [7, 11) is 3.31. The van der Waals surface area contributed by atoms with Crippen LogP contribution in [0, 0.1) is 5.41 Å². The van der Waals surface area contributed by atoms with Crippen LogP contribution >= 0.6 is 0 Å². The molecule has 0 aliphatic heterocycles. The molecule has 0 aliphatic rings. The first-order chi connectivity index (χ1) is 7.41. The van der Waals surface area contributed by atoms with Gasteiger partial charge in [0.05, 0.1) is 5.41 Å². The van der Waals surface area contributed by atoms with Crippen molar-refractivity contribution in [1.29, 1.82) is 0 Å². The van der Waals surface area contributed by atoms with Gasteiger partial charge in [0.2, 0.25) is 11.8 Å². The molecule has 0 aliphatic carbocycles. The predicted octanol–water partition coefficient (Wildman–Crippen LogP) is 0.343. The summed E-state index contributed by atoms with van der Waals surface area (Å²) in [6, 6.07) is -0.542. The van der Waals surface area contributed by atoms with Crippen LogP contribution in [0.15, 0.2) is 0 Å². The summed E-state index contributed by atoms with van der Waals surface area (Å²) >= 11 is 0. The van der Waals surface area contributed by atoms with Gasteiger partial charge in [0.1, 0.15) is 6.04 Å². The Morgan fingerprint density at radius 2 is 1.59 bits per heavy atom. The van der Waals surface area contributed by atoms with E-state index >= 15 is 0 Å². The molecule has 1 unspecified atom stereocenters. The van der Waals surface area contributed by atoms with E-state index in [0.717, 1.165) is 0 Å². The number of hydrogen-bond donors (Lipinski definition) is 2. The molecule has 0 saturated carbocycles. The number of nitrogens with one attached hydrogen (secondary N) is 1. The van der Waals surface area contributed by atoms with E-state index in [1.165, 1.54) is 4.90 Å². The van der Waals surface area contributed by atoms with Gasteiger partial charge in [-0.1, -0.05) is 0 Å². The van der Waals surface area contributed by atoms with Crippen molar-refractivity contribution in [2.45, 2.75) is 46.2 Å². The maximum absolute atomic E-state index is 12.1. The van der Waals surface area contributed by atoms with Gasteiger partial charge in [-0.05, 0) is 34.6 Å². The van der Waals surface area contributed by atoms with E-state index in [1.54, 1.807) is 48.7 Å². The first kappa shape index (κ1) is 15.9. The number of amides is 2. The van der Waals surface area contributed by atoms with Crippen molar-refractivity contribution in [3.8, 4) is 0 Å². The van der Waals surface area contributed by atoms with Gasteiger partial charge in [-0.3, -0.25) is 9.59 Å². The smallest absolute Gasteiger partial charge is 0.244 e. The number of carbonyl (C=O) groups excluding carboxylic acids is 2. The van der Waals surface area contributed by atoms with Crippen molar-refractivity contribution in [2.24, 2.45) is 11.1 Å². The molecular weight excluding hydrogens is 218 g/mol. The van der Waals surface area contributed by atoms with Crippen LogP contribution in [-0.4, -0.2) is 42.4 Å². The molecule has 100 valence electrons. The van der Waals surface area contributed by atoms with Crippen LogP contribution < -0.4 is 11.1 Å². The van der Waals surface area contributed by atoms with Crippen molar-refractivity contribution in [3.05, 3.63) is 0 Å². The molecule has 0 saturated heterocycles. The van der Waals surface area contributed by atoms with Gasteiger partial charge in [0.25, 0.3) is 0 Å². The molecular formula is C12H25N3O2. The Bertz CT molecular complexity index is 303. The third-order valence-corrected chi connectivity index (χ3v) is 3.34. The van der Waals surface area contributed by atoms with Crippen LogP contribution in [0.3, 0.4) is 0 Å². The molecule has 17 heavy (non-hydrogen) atoms. The Balaban J connectivity index is 4.72. The molecule has 0 bridgehead atoms. The maximum atomic E-state index is 12.1. The summed E-state index contributed by atoms with van der Waals surface area (Å²) in [5.41, 5.74) is 4.57. The SMILES string of the molecule is CC(NC(=O)C(C)(C)C(C)(C)N)C(=O)N(C)C. The van der Waals surface area contributed by atoms with Gasteiger partial charge in [-0.2, -0.15) is 0 Å². The lowest BCUT2D eigenvalue weighted by Gasteiger charge is -2.37. The summed E-state index contributed by atoms with van der Waals surface area (Å²) in [5.74, 6) is -0.350. The van der Waals surface area contributed by atoms with Gasteiger partial charge >= 0.3 is 0 Å². The Morgan fingerprint density at radius 3 is 1.88 bits per heavy atom. The van der Waals surface area contributed by atoms with E-state index in [9.17, 15) is 9.59 Å². The maximum Gasteiger partial charge on any atom is 0.244 e. The van der Waals surface area contributed by atoms with E-state index in [2.05, 4.69) is 5.32 Å². The van der Waals surface area contributed by atoms with Crippen LogP contribution in [0.2, 0.25) is 0 Å². The molecule has 2 amide bonds. The van der Waals surface area contributed by atoms with Gasteiger partial charge in [0.15, 0.2) is 0 Å². The third-order valence-electron chi connectivity index (χ3n) is 3.34. The van der Waals surface area contributed by atoms with Crippen molar-refractivity contribution in [3.63, 3.8) is 0 Å². The highest BCUT2D eigenvalue weighted by Crippen LogP contribution is 2.28. The molecule has 3 N–H and O–H groups in total. The quantitative estimate of drug-likeness (QED) is 0.748. The van der Waals surface area contributed by atoms with Gasteiger partial charge in [0, 0.05) is 19.6 Å². The number of hydrogen-bond acceptors (Lipinski definition) is 3. The molecule has 5 heteroatoms. The van der Waals surface area contributed by atoms with E-state index < -0.39 is 17.0 Å². The summed E-state index contributed by atoms with van der Waals surface area (Å²) in [6.45, 7) is 8.81. The highest BCUT2D eigenvalue weighted by Gasteiger charge is 2.41. The average Bonchev–Trinajstić information content (AvgIpc) is 2.14. The molecule has 0 fully saturated rings. The molecule has 5 nitrogen and oxygen atoms in total. The monoisotopic (exact) mass is 243 g/mol. The Kier molecular flexibility index (Phi) is 4.71. The number of likely N-dealkylation sites (N-methyl/N-ethyl adjacent to an activating group) is 1. The lowest BCUT2D eigenvalue weighted by molar-refractivity contribution is -0.138. The average molecular weight is 243 g/mol. The Labute approximate surface area is 104 Å². The minimum Gasteiger partial charge on any atom is -0.347 e. The van der Waals surface area contributed by atoms with E-state index in [4.69, 9.17) is 5.73 Å². The predicted molar refractivity (Wildman–Crippen MR) is 68.3 cm³/mol. The lowest BCUT2D eigenvalue weighted by atomic mass is 9.74. The second-order valence-corrected chi connectivity index (χ2v) is 5.77. The number of carbonyl (C=O) groups is 2. The highest BCUT2D eigenvalue weighted by molar-refractivity contribution is 5.90. The molecule has 0 aromatic carbocycles. The highest BCUT2D eigenvalue weighted by atomic mass is 16.2. The number of nitrogens with zero attached hydrogens (tertiary/aromatic N) is 1. The fourth-order valence-corrected chi connectivity index (χ4v) is 1.12. The van der Waals surface area contributed by atoms with Crippen molar-refractivity contribution in [1.82, 2.24) is 10.2 Å². The first-order valence-electron chi connectivity index (χ1n) is 5.72. The van der Waals surface area contributed by atoms with Crippen LogP contribution in [0.1, 0.15) is 34.6 Å². The first-order valence-corrected chi connectivity index (χ1v) is 5.72. The van der Waals surface area contributed by atoms with Crippen molar-refractivity contribution < 1.29 is 9.59 Å². The van der Waals surface area contributed by atoms with Crippen LogP contribution in [0.25, 0.3) is 0 Å². The topological polar surface area (TPSA) is 75.4 Å². The third kappa shape index (κ3) is 3.70. The molecule has 0 rings (SSSR count). The van der Waals surface area contributed by atoms with Crippen LogP contribution in [-0.2, 0) is 9.59 Å². The second kappa shape index (κ2) is 5.04. The molecule has 1 atom stereocenters. The standard InChI is InChI=1S/C12H25N3O2/c1-8(9(16)15(6)7)14-10(17)11(2,3)12(4,5)13/h8H,13H2,1-7H3,(H,14,17). The summed E-state index contributed by atoms with van der Waals surface area (Å²) < 4.78 is 0. The van der Waals surface area contributed by atoms with Gasteiger partial charge in [-0.15, -0.1) is 0 Å². The normalized spacial score (nSPS) is 14.1. The Morgan fingerprint density at radius 1 is 1.18 bits per heavy atom. The van der Waals surface area contributed by atoms with Gasteiger partial charge < -0.3 is 16.0 Å². The molecule has 0 heterocycles. The minimum absolute atomic E-state index is 0.135. The second-order valence-electron chi connectivity index (χ2n) is 5.77. The summed E-state index contributed by atoms with van der Waals surface area (Å²) in [5, 5.41) is 2.70. The lowest BCUT2D eigenvalue weighted by Crippen LogP contribution is -2.58. The van der Waals surface area contributed by atoms with Crippen molar-refractivity contribution in [2.75, 3.05) is 14.1 Å². The van der Waals surface area contributed by atoms with E-state index in [1.807, 2.05) is 0 Å². The fraction of sp³-hybridized carbons (Fsp3) is 0.833. The van der Waals surface area contributed by atoms with Crippen molar-refractivity contribution >= 4 is 11.8 Å². The summed E-state index contributed by atoms with van der Waals surface area (Å²) in [6.07, 6.45) is 0. The van der Waals surface area contributed by atoms with Crippen LogP contribution in [0.5, 0.6) is 0 Å². The molecule has 0 spiro atoms. The molecule has 0 radical (unpaired) electrons. The van der Waals surface area contributed by atoms with E-state index in [-0.39, 0.29) is 11.8 Å². The summed E-state index contributed by atoms with van der Waals surface area (Å²) in [4.78, 5) is 25.2. The number of rotatable bonds is 4. The number of nitrogens with two attached hydrogens (primary N) is 1. The van der Waals surface area contributed by atoms with Gasteiger partial charge in [-0.25, -0.2) is 0 Å². The zero-order valence-corrected chi connectivity index (χ0v) is 11.9.